The number of aryl methyl sites for hydroxylation is 1. The Morgan fingerprint density at radius 3 is 2.32 bits per heavy atom. The Kier molecular flexibility index (Phi) is 3.40. The van der Waals surface area contributed by atoms with Crippen molar-refractivity contribution in [1.29, 1.82) is 0 Å². The van der Waals surface area contributed by atoms with Gasteiger partial charge in [0, 0.05) is 17.9 Å². The van der Waals surface area contributed by atoms with E-state index in [-0.39, 0.29) is 5.56 Å². The molecule has 0 aliphatic carbocycles. The zero-order valence-electron chi connectivity index (χ0n) is 13.3. The Labute approximate surface area is 134 Å². The number of nitrogens with zero attached hydrogens (tertiary/aromatic N) is 2. The van der Waals surface area contributed by atoms with Crippen LogP contribution in [0.25, 0.3) is 10.8 Å². The predicted molar refractivity (Wildman–Crippen MR) is 87.7 cm³/mol. The van der Waals surface area contributed by atoms with Crippen molar-refractivity contribution in [2.24, 2.45) is 7.05 Å². The molecule has 0 unspecified atom stereocenters. The van der Waals surface area contributed by atoms with Gasteiger partial charge in [-0.1, -0.05) is 17.7 Å². The largest absolute Gasteiger partial charge is 0.496 e. The molecule has 1 aromatic carbocycles. The summed E-state index contributed by atoms with van der Waals surface area (Å²) in [5.41, 5.74) is -0.357. The second-order valence-electron chi connectivity index (χ2n) is 6.59. The van der Waals surface area contributed by atoms with Crippen molar-refractivity contribution >= 4 is 35.0 Å². The predicted octanol–water partition coefficient (Wildman–Crippen LogP) is 1.89. The molecule has 0 bridgehead atoms. The van der Waals surface area contributed by atoms with Crippen LogP contribution < -0.4 is 11.0 Å². The van der Waals surface area contributed by atoms with Crippen molar-refractivity contribution in [3.05, 3.63) is 33.7 Å². The molecule has 2 heterocycles. The molecule has 1 aliphatic heterocycles. The van der Waals surface area contributed by atoms with Crippen LogP contribution in [-0.4, -0.2) is 28.1 Å². The summed E-state index contributed by atoms with van der Waals surface area (Å²) in [6, 6.07) is 3.53. The van der Waals surface area contributed by atoms with Gasteiger partial charge < -0.3 is 9.31 Å². The van der Waals surface area contributed by atoms with Gasteiger partial charge in [-0.15, -0.1) is 0 Å². The van der Waals surface area contributed by atoms with E-state index < -0.39 is 18.3 Å². The van der Waals surface area contributed by atoms with E-state index in [2.05, 4.69) is 5.10 Å². The Hall–Kier alpha value is -1.37. The minimum absolute atomic E-state index is 0.181. The molecule has 5 nitrogen and oxygen atoms in total. The van der Waals surface area contributed by atoms with Crippen molar-refractivity contribution in [1.82, 2.24) is 9.78 Å². The van der Waals surface area contributed by atoms with Crippen LogP contribution in [-0.2, 0) is 16.4 Å². The number of hydrogen-bond donors (Lipinski definition) is 0. The molecule has 22 heavy (non-hydrogen) atoms. The summed E-state index contributed by atoms with van der Waals surface area (Å²) in [6.45, 7) is 7.94. The van der Waals surface area contributed by atoms with Crippen LogP contribution in [0.3, 0.4) is 0 Å². The lowest BCUT2D eigenvalue weighted by Gasteiger charge is -2.32. The summed E-state index contributed by atoms with van der Waals surface area (Å²) in [5.74, 6) is 0. The lowest BCUT2D eigenvalue weighted by Crippen LogP contribution is -2.41. The van der Waals surface area contributed by atoms with Gasteiger partial charge in [0.2, 0.25) is 0 Å². The maximum Gasteiger partial charge on any atom is 0.496 e. The van der Waals surface area contributed by atoms with E-state index in [1.165, 1.54) is 4.68 Å². The van der Waals surface area contributed by atoms with E-state index in [1.54, 1.807) is 25.4 Å². The molecule has 0 atom stereocenters. The number of benzene rings is 1. The van der Waals surface area contributed by atoms with E-state index in [9.17, 15) is 4.79 Å². The van der Waals surface area contributed by atoms with Crippen LogP contribution in [0.4, 0.5) is 0 Å². The van der Waals surface area contributed by atoms with Crippen LogP contribution in [0, 0.1) is 0 Å². The van der Waals surface area contributed by atoms with E-state index in [0.29, 0.717) is 21.3 Å². The minimum atomic E-state index is -0.564. The van der Waals surface area contributed by atoms with Gasteiger partial charge >= 0.3 is 7.12 Å². The fourth-order valence-corrected chi connectivity index (χ4v) is 2.75. The van der Waals surface area contributed by atoms with Crippen LogP contribution in [0.1, 0.15) is 27.7 Å². The van der Waals surface area contributed by atoms with Gasteiger partial charge in [-0.3, -0.25) is 4.79 Å². The van der Waals surface area contributed by atoms with Gasteiger partial charge in [0.15, 0.2) is 0 Å². The minimum Gasteiger partial charge on any atom is -0.399 e. The third kappa shape index (κ3) is 2.17. The normalized spacial score (nSPS) is 19.8. The first kappa shape index (κ1) is 15.5. The van der Waals surface area contributed by atoms with Gasteiger partial charge in [0.25, 0.3) is 5.56 Å². The highest BCUT2D eigenvalue weighted by molar-refractivity contribution is 6.66. The van der Waals surface area contributed by atoms with Crippen molar-refractivity contribution in [2.45, 2.75) is 38.9 Å². The lowest BCUT2D eigenvalue weighted by atomic mass is 9.78. The van der Waals surface area contributed by atoms with Crippen molar-refractivity contribution in [3.63, 3.8) is 0 Å². The van der Waals surface area contributed by atoms with E-state index in [1.807, 2.05) is 27.7 Å². The number of halogens is 1. The molecule has 116 valence electrons. The molecule has 2 aromatic rings. The van der Waals surface area contributed by atoms with Gasteiger partial charge in [0.05, 0.1) is 27.8 Å². The molecule has 0 spiro atoms. The average Bonchev–Trinajstić information content (AvgIpc) is 2.63. The summed E-state index contributed by atoms with van der Waals surface area (Å²) in [4.78, 5) is 12.1. The van der Waals surface area contributed by atoms with Gasteiger partial charge in [-0.25, -0.2) is 4.68 Å². The first-order chi connectivity index (χ1) is 10.1. The molecular weight excluding hydrogens is 302 g/mol. The maximum atomic E-state index is 12.1. The molecule has 0 amide bonds. The number of hydrogen-bond acceptors (Lipinski definition) is 4. The van der Waals surface area contributed by atoms with Crippen molar-refractivity contribution < 1.29 is 9.31 Å². The zero-order chi connectivity index (χ0) is 16.3. The van der Waals surface area contributed by atoms with Crippen LogP contribution >= 0.6 is 11.6 Å². The Morgan fingerprint density at radius 1 is 1.14 bits per heavy atom. The standard InChI is InChI=1S/C15H18BClN2O3/c1-14(2)15(3,4)22-16(21-14)11-7-6-9-10(12(11)17)8-18-19(5)13(9)20/h6-8H,1-5H3. The third-order valence-corrected chi connectivity index (χ3v) is 5.02. The highest BCUT2D eigenvalue weighted by Crippen LogP contribution is 2.37. The third-order valence-electron chi connectivity index (χ3n) is 4.60. The molecule has 3 rings (SSSR count). The van der Waals surface area contributed by atoms with Crippen LogP contribution in [0.15, 0.2) is 23.1 Å². The van der Waals surface area contributed by atoms with Gasteiger partial charge in [0.1, 0.15) is 0 Å². The van der Waals surface area contributed by atoms with Crippen LogP contribution in [0.2, 0.25) is 5.02 Å². The Bertz CT molecular complexity index is 800. The van der Waals surface area contributed by atoms with E-state index in [4.69, 9.17) is 20.9 Å². The fourth-order valence-electron chi connectivity index (χ4n) is 2.45. The summed E-state index contributed by atoms with van der Waals surface area (Å²) in [5, 5.41) is 5.61. The van der Waals surface area contributed by atoms with Gasteiger partial charge in [-0.05, 0) is 33.8 Å². The molecule has 7 heteroatoms. The zero-order valence-corrected chi connectivity index (χ0v) is 14.1. The fraction of sp³-hybridized carbons (Fsp3) is 0.467. The van der Waals surface area contributed by atoms with E-state index >= 15 is 0 Å². The molecule has 1 aliphatic rings. The average molecular weight is 321 g/mol. The van der Waals surface area contributed by atoms with Crippen molar-refractivity contribution in [2.75, 3.05) is 0 Å². The molecule has 0 N–H and O–H groups in total. The summed E-state index contributed by atoms with van der Waals surface area (Å²) >= 11 is 6.48. The molecule has 1 fully saturated rings. The van der Waals surface area contributed by atoms with Crippen molar-refractivity contribution in [3.8, 4) is 0 Å². The molecule has 1 saturated heterocycles. The van der Waals surface area contributed by atoms with Gasteiger partial charge in [-0.2, -0.15) is 5.10 Å². The number of fused-ring (bicyclic) bond motifs is 1. The lowest BCUT2D eigenvalue weighted by molar-refractivity contribution is 0.00578. The Balaban J connectivity index is 2.13. The molecule has 0 radical (unpaired) electrons. The first-order valence-electron chi connectivity index (χ1n) is 7.14. The molecule has 0 saturated carbocycles. The topological polar surface area (TPSA) is 53.4 Å². The maximum absolute atomic E-state index is 12.1. The number of aromatic nitrogens is 2. The highest BCUT2D eigenvalue weighted by atomic mass is 35.5. The second kappa shape index (κ2) is 4.81. The molecule has 1 aromatic heterocycles. The highest BCUT2D eigenvalue weighted by Gasteiger charge is 2.52. The number of rotatable bonds is 1. The SMILES string of the molecule is Cn1ncc2c(Cl)c(B3OC(C)(C)C(C)(C)O3)ccc2c1=O. The monoisotopic (exact) mass is 320 g/mol. The summed E-state index contributed by atoms with van der Waals surface area (Å²) in [6.07, 6.45) is 1.59. The second-order valence-corrected chi connectivity index (χ2v) is 6.97. The summed E-state index contributed by atoms with van der Waals surface area (Å²) < 4.78 is 13.3. The van der Waals surface area contributed by atoms with E-state index in [0.717, 1.165) is 0 Å². The smallest absolute Gasteiger partial charge is 0.399 e. The quantitative estimate of drug-likeness (QED) is 0.753. The Morgan fingerprint density at radius 2 is 1.73 bits per heavy atom. The van der Waals surface area contributed by atoms with Crippen LogP contribution in [0.5, 0.6) is 0 Å². The first-order valence-corrected chi connectivity index (χ1v) is 7.52. The molecular formula is C15H18BClN2O3. The summed E-state index contributed by atoms with van der Waals surface area (Å²) in [7, 11) is 1.05.